The van der Waals surface area contributed by atoms with Crippen LogP contribution in [0.2, 0.25) is 0 Å². The summed E-state index contributed by atoms with van der Waals surface area (Å²) in [5.74, 6) is 0. The van der Waals surface area contributed by atoms with Gasteiger partial charge in [-0.3, -0.25) is 0 Å². The smallest absolute Gasteiger partial charge is 0.120 e. The summed E-state index contributed by atoms with van der Waals surface area (Å²) < 4.78 is 6.53. The Balaban J connectivity index is 0.00000338. The molecule has 2 N–H and O–H groups in total. The zero-order valence-electron chi connectivity index (χ0n) is 16.2. The lowest BCUT2D eigenvalue weighted by molar-refractivity contribution is -0.0288. The number of nitrogens with two attached hydrogens (primary N) is 1. The van der Waals surface area contributed by atoms with Crippen LogP contribution in [-0.2, 0) is 10.3 Å². The summed E-state index contributed by atoms with van der Waals surface area (Å²) in [5, 5.41) is 0. The molecule has 0 radical (unpaired) electrons. The molecule has 1 unspecified atom stereocenters. The summed E-state index contributed by atoms with van der Waals surface area (Å²) in [6.45, 7) is 7.08. The molecule has 0 amide bonds. The van der Waals surface area contributed by atoms with Crippen LogP contribution >= 0.6 is 12.4 Å². The van der Waals surface area contributed by atoms with Crippen molar-refractivity contribution < 1.29 is 4.74 Å². The van der Waals surface area contributed by atoms with Crippen molar-refractivity contribution >= 4 is 12.4 Å². The van der Waals surface area contributed by atoms with Crippen LogP contribution in [0.15, 0.2) is 72.3 Å². The maximum absolute atomic E-state index is 6.53. The Morgan fingerprint density at radius 1 is 1.00 bits per heavy atom. The van der Waals surface area contributed by atoms with Crippen LogP contribution in [0.1, 0.15) is 51.2 Å². The van der Waals surface area contributed by atoms with Crippen molar-refractivity contribution in [1.82, 2.24) is 0 Å². The van der Waals surface area contributed by atoms with Crippen molar-refractivity contribution in [3.05, 3.63) is 83.4 Å². The van der Waals surface area contributed by atoms with Crippen LogP contribution in [0.4, 0.5) is 0 Å². The average Bonchev–Trinajstić information content (AvgIpc) is 2.65. The van der Waals surface area contributed by atoms with Crippen LogP contribution in [0, 0.1) is 0 Å². The molecule has 0 saturated carbocycles. The summed E-state index contributed by atoms with van der Waals surface area (Å²) >= 11 is 0. The minimum Gasteiger partial charge on any atom is -0.365 e. The molecule has 0 aliphatic carbocycles. The van der Waals surface area contributed by atoms with E-state index >= 15 is 0 Å². The van der Waals surface area contributed by atoms with Crippen molar-refractivity contribution in [2.75, 3.05) is 6.61 Å². The molecule has 2 rings (SSSR count). The van der Waals surface area contributed by atoms with Crippen molar-refractivity contribution in [2.45, 2.75) is 51.7 Å². The quantitative estimate of drug-likeness (QED) is 0.559. The monoisotopic (exact) mass is 373 g/mol. The second-order valence-corrected chi connectivity index (χ2v) is 6.89. The van der Waals surface area contributed by atoms with E-state index < -0.39 is 5.60 Å². The van der Waals surface area contributed by atoms with Gasteiger partial charge in [0.05, 0.1) is 0 Å². The second-order valence-electron chi connectivity index (χ2n) is 6.89. The van der Waals surface area contributed by atoms with E-state index in [4.69, 9.17) is 10.5 Å². The molecule has 26 heavy (non-hydrogen) atoms. The van der Waals surface area contributed by atoms with Crippen molar-refractivity contribution in [3.63, 3.8) is 0 Å². The largest absolute Gasteiger partial charge is 0.365 e. The van der Waals surface area contributed by atoms with Gasteiger partial charge >= 0.3 is 0 Å². The molecular weight excluding hydrogens is 342 g/mol. The normalized spacial score (nSPS) is 12.2. The Kier molecular flexibility index (Phi) is 9.64. The molecule has 142 valence electrons. The average molecular weight is 374 g/mol. The number of halogens is 1. The van der Waals surface area contributed by atoms with Crippen LogP contribution in [0.25, 0.3) is 0 Å². The highest BCUT2D eigenvalue weighted by atomic mass is 35.5. The molecule has 0 heterocycles. The molecule has 0 aromatic heterocycles. The van der Waals surface area contributed by atoms with Gasteiger partial charge in [-0.05, 0) is 37.8 Å². The lowest BCUT2D eigenvalue weighted by Crippen LogP contribution is -2.38. The molecule has 0 bridgehead atoms. The minimum absolute atomic E-state index is 0. The molecule has 0 fully saturated rings. The molecular formula is C23H32ClNO. The van der Waals surface area contributed by atoms with E-state index in [1.807, 2.05) is 12.1 Å². The van der Waals surface area contributed by atoms with E-state index in [-0.39, 0.29) is 18.4 Å². The van der Waals surface area contributed by atoms with E-state index in [9.17, 15) is 0 Å². The molecule has 2 aromatic carbocycles. The van der Waals surface area contributed by atoms with Crippen LogP contribution < -0.4 is 5.73 Å². The van der Waals surface area contributed by atoms with E-state index in [2.05, 4.69) is 75.4 Å². The Labute approximate surface area is 164 Å². The summed E-state index contributed by atoms with van der Waals surface area (Å²) in [6, 6.07) is 21.0. The highest BCUT2D eigenvalue weighted by Crippen LogP contribution is 2.38. The van der Waals surface area contributed by atoms with Gasteiger partial charge in [-0.2, -0.15) is 0 Å². The first-order valence-corrected chi connectivity index (χ1v) is 9.22. The second kappa shape index (κ2) is 11.2. The Bertz CT molecular complexity index is 611. The maximum atomic E-state index is 6.53. The zero-order valence-corrected chi connectivity index (χ0v) is 17.0. The Hall–Kier alpha value is -1.61. The van der Waals surface area contributed by atoms with E-state index in [0.717, 1.165) is 19.3 Å². The van der Waals surface area contributed by atoms with Gasteiger partial charge in [-0.25, -0.2) is 0 Å². The summed E-state index contributed by atoms with van der Waals surface area (Å²) in [5.41, 5.74) is 9.66. The van der Waals surface area contributed by atoms with Gasteiger partial charge in [0.2, 0.25) is 0 Å². The minimum atomic E-state index is -0.507. The molecule has 1 atom stereocenters. The van der Waals surface area contributed by atoms with Crippen molar-refractivity contribution in [1.29, 1.82) is 0 Å². The van der Waals surface area contributed by atoms with Crippen LogP contribution in [0.3, 0.4) is 0 Å². The van der Waals surface area contributed by atoms with Crippen molar-refractivity contribution in [2.24, 2.45) is 5.73 Å². The Morgan fingerprint density at radius 2 is 1.50 bits per heavy atom. The van der Waals surface area contributed by atoms with Crippen molar-refractivity contribution in [3.8, 4) is 0 Å². The third kappa shape index (κ3) is 5.98. The number of benzene rings is 2. The van der Waals surface area contributed by atoms with Gasteiger partial charge in [0.15, 0.2) is 0 Å². The number of rotatable bonds is 9. The molecule has 2 nitrogen and oxygen atoms in total. The molecule has 2 aromatic rings. The fourth-order valence-corrected chi connectivity index (χ4v) is 3.16. The number of hydrogen-bond donors (Lipinski definition) is 1. The third-order valence-corrected chi connectivity index (χ3v) is 4.41. The number of ether oxygens (including phenoxy) is 1. The predicted molar refractivity (Wildman–Crippen MR) is 114 cm³/mol. The fourth-order valence-electron chi connectivity index (χ4n) is 3.16. The molecule has 0 spiro atoms. The van der Waals surface area contributed by atoms with Crippen LogP contribution in [-0.4, -0.2) is 12.6 Å². The summed E-state index contributed by atoms with van der Waals surface area (Å²) in [7, 11) is 0. The summed E-state index contributed by atoms with van der Waals surface area (Å²) in [4.78, 5) is 0. The predicted octanol–water partition coefficient (Wildman–Crippen LogP) is 5.85. The highest BCUT2D eigenvalue weighted by Gasteiger charge is 2.36. The molecule has 3 heteroatoms. The van der Waals surface area contributed by atoms with Gasteiger partial charge in [0.1, 0.15) is 5.60 Å². The van der Waals surface area contributed by atoms with Gasteiger partial charge < -0.3 is 10.5 Å². The standard InChI is InChI=1S/C23H31NO.ClH/c1-4-17-25-23(20-11-7-5-8-12-20,21-13-9-6-10-14-21)18-22(24)16-15-19(2)3;/h5-15,22H,4,16-18,24H2,1-3H3;1H. The van der Waals surface area contributed by atoms with E-state index in [1.54, 1.807) is 0 Å². The number of hydrogen-bond acceptors (Lipinski definition) is 2. The van der Waals surface area contributed by atoms with Gasteiger partial charge in [-0.15, -0.1) is 12.4 Å². The van der Waals surface area contributed by atoms with Gasteiger partial charge in [-0.1, -0.05) is 79.2 Å². The Morgan fingerprint density at radius 3 is 1.92 bits per heavy atom. The number of allylic oxidation sites excluding steroid dienone is 1. The lowest BCUT2D eigenvalue weighted by atomic mass is 9.80. The first-order valence-electron chi connectivity index (χ1n) is 9.22. The zero-order chi connectivity index (χ0) is 18.1. The first-order chi connectivity index (χ1) is 12.1. The SMILES string of the molecule is CCCOC(CC(N)CC=C(C)C)(c1ccccc1)c1ccccc1.Cl. The van der Waals surface area contributed by atoms with Gasteiger partial charge in [0, 0.05) is 19.1 Å². The van der Waals surface area contributed by atoms with E-state index in [0.29, 0.717) is 6.61 Å². The lowest BCUT2D eigenvalue weighted by Gasteiger charge is -2.37. The van der Waals surface area contributed by atoms with Crippen LogP contribution in [0.5, 0.6) is 0 Å². The maximum Gasteiger partial charge on any atom is 0.120 e. The molecule has 0 aliphatic heterocycles. The molecule has 0 aliphatic rings. The van der Waals surface area contributed by atoms with E-state index in [1.165, 1.54) is 16.7 Å². The van der Waals surface area contributed by atoms with Gasteiger partial charge in [0.25, 0.3) is 0 Å². The third-order valence-electron chi connectivity index (χ3n) is 4.41. The first kappa shape index (κ1) is 22.4. The fraction of sp³-hybridized carbons (Fsp3) is 0.391. The molecule has 0 saturated heterocycles. The summed E-state index contributed by atoms with van der Waals surface area (Å²) in [6.07, 6.45) is 4.81. The highest BCUT2D eigenvalue weighted by molar-refractivity contribution is 5.85. The topological polar surface area (TPSA) is 35.2 Å².